The van der Waals surface area contributed by atoms with Crippen molar-refractivity contribution in [3.63, 3.8) is 0 Å². The molecule has 0 bridgehead atoms. The summed E-state index contributed by atoms with van der Waals surface area (Å²) in [7, 11) is 0. The number of rotatable bonds is 5. The van der Waals surface area contributed by atoms with Crippen LogP contribution in [-0.2, 0) is 6.42 Å². The number of carbonyl (C=O) groups excluding carboxylic acids is 1. The molecule has 1 aromatic carbocycles. The second-order valence-corrected chi connectivity index (χ2v) is 3.75. The Morgan fingerprint density at radius 3 is 3.00 bits per heavy atom. The minimum absolute atomic E-state index is 0.108. The van der Waals surface area contributed by atoms with Crippen molar-refractivity contribution in [3.05, 3.63) is 52.1 Å². The van der Waals surface area contributed by atoms with Gasteiger partial charge in [0.25, 0.3) is 11.6 Å². The van der Waals surface area contributed by atoms with Crippen LogP contribution < -0.4 is 5.32 Å². The molecule has 2 aromatic rings. The molecule has 0 aliphatic rings. The SMILES string of the molecule is O=C(NCCc1ncn[nH]1)c1cccc([N+](=O)[O-])c1. The van der Waals surface area contributed by atoms with Crippen LogP contribution in [0, 0.1) is 10.1 Å². The first-order valence-corrected chi connectivity index (χ1v) is 5.53. The fourth-order valence-corrected chi connectivity index (χ4v) is 1.51. The maximum atomic E-state index is 11.8. The molecule has 98 valence electrons. The Morgan fingerprint density at radius 2 is 2.32 bits per heavy atom. The maximum Gasteiger partial charge on any atom is 0.270 e. The fraction of sp³-hybridized carbons (Fsp3) is 0.182. The third-order valence-corrected chi connectivity index (χ3v) is 2.43. The lowest BCUT2D eigenvalue weighted by molar-refractivity contribution is -0.384. The van der Waals surface area contributed by atoms with Gasteiger partial charge in [0.1, 0.15) is 12.2 Å². The number of H-pyrrole nitrogens is 1. The third-order valence-electron chi connectivity index (χ3n) is 2.43. The van der Waals surface area contributed by atoms with E-state index in [4.69, 9.17) is 0 Å². The number of nitro benzene ring substituents is 1. The van der Waals surface area contributed by atoms with Crippen LogP contribution >= 0.6 is 0 Å². The summed E-state index contributed by atoms with van der Waals surface area (Å²) in [5, 5.41) is 19.6. The van der Waals surface area contributed by atoms with Gasteiger partial charge in [-0.3, -0.25) is 20.0 Å². The van der Waals surface area contributed by atoms with E-state index in [0.29, 0.717) is 18.8 Å². The van der Waals surface area contributed by atoms with Crippen molar-refractivity contribution in [2.45, 2.75) is 6.42 Å². The van der Waals surface area contributed by atoms with Gasteiger partial charge in [-0.25, -0.2) is 4.98 Å². The Labute approximate surface area is 108 Å². The van der Waals surface area contributed by atoms with Gasteiger partial charge in [-0.1, -0.05) is 6.07 Å². The monoisotopic (exact) mass is 261 g/mol. The molecule has 0 saturated carbocycles. The molecule has 2 N–H and O–H groups in total. The van der Waals surface area contributed by atoms with Gasteiger partial charge in [0.05, 0.1) is 4.92 Å². The maximum absolute atomic E-state index is 11.8. The molecule has 0 spiro atoms. The molecule has 1 heterocycles. The average molecular weight is 261 g/mol. The number of benzene rings is 1. The summed E-state index contributed by atoms with van der Waals surface area (Å²) in [5.41, 5.74) is 0.148. The van der Waals surface area contributed by atoms with Crippen molar-refractivity contribution >= 4 is 11.6 Å². The highest BCUT2D eigenvalue weighted by atomic mass is 16.6. The Kier molecular flexibility index (Phi) is 3.81. The molecule has 0 atom stereocenters. The number of nitrogens with one attached hydrogen (secondary N) is 2. The molecular formula is C11H11N5O3. The van der Waals surface area contributed by atoms with Gasteiger partial charge in [-0.15, -0.1) is 0 Å². The Morgan fingerprint density at radius 1 is 1.47 bits per heavy atom. The van der Waals surface area contributed by atoms with E-state index < -0.39 is 4.92 Å². The molecule has 8 heteroatoms. The predicted molar refractivity (Wildman–Crippen MR) is 65.5 cm³/mol. The van der Waals surface area contributed by atoms with Crippen molar-refractivity contribution in [2.24, 2.45) is 0 Å². The van der Waals surface area contributed by atoms with E-state index >= 15 is 0 Å². The minimum atomic E-state index is -0.536. The summed E-state index contributed by atoms with van der Waals surface area (Å²) < 4.78 is 0. The third kappa shape index (κ3) is 3.35. The van der Waals surface area contributed by atoms with Crippen LogP contribution in [0.4, 0.5) is 5.69 Å². The second kappa shape index (κ2) is 5.71. The van der Waals surface area contributed by atoms with Gasteiger partial charge in [-0.05, 0) is 6.07 Å². The average Bonchev–Trinajstić information content (AvgIpc) is 2.92. The quantitative estimate of drug-likeness (QED) is 0.607. The molecule has 1 amide bonds. The van der Waals surface area contributed by atoms with E-state index in [0.717, 1.165) is 0 Å². The van der Waals surface area contributed by atoms with E-state index in [2.05, 4.69) is 20.5 Å². The van der Waals surface area contributed by atoms with Gasteiger partial charge >= 0.3 is 0 Å². The summed E-state index contributed by atoms with van der Waals surface area (Å²) in [6, 6.07) is 5.58. The summed E-state index contributed by atoms with van der Waals surface area (Å²) in [4.78, 5) is 25.7. The minimum Gasteiger partial charge on any atom is -0.352 e. The number of amides is 1. The summed E-state index contributed by atoms with van der Waals surface area (Å²) in [5.74, 6) is 0.308. The predicted octanol–water partition coefficient (Wildman–Crippen LogP) is 0.685. The highest BCUT2D eigenvalue weighted by Crippen LogP contribution is 2.12. The largest absolute Gasteiger partial charge is 0.352 e. The first-order chi connectivity index (χ1) is 9.16. The number of aromatic amines is 1. The number of aromatic nitrogens is 3. The summed E-state index contributed by atoms with van der Waals surface area (Å²) in [6.07, 6.45) is 1.90. The number of carbonyl (C=O) groups is 1. The van der Waals surface area contributed by atoms with E-state index in [1.165, 1.54) is 30.6 Å². The first-order valence-electron chi connectivity index (χ1n) is 5.53. The number of hydrogen-bond donors (Lipinski definition) is 2. The van der Waals surface area contributed by atoms with Crippen molar-refractivity contribution in [3.8, 4) is 0 Å². The molecule has 8 nitrogen and oxygen atoms in total. The van der Waals surface area contributed by atoms with Crippen LogP contribution in [0.15, 0.2) is 30.6 Å². The smallest absolute Gasteiger partial charge is 0.270 e. The molecule has 0 unspecified atom stereocenters. The van der Waals surface area contributed by atoms with Gasteiger partial charge in [0, 0.05) is 30.7 Å². The standard InChI is InChI=1S/C11H11N5O3/c17-11(12-5-4-10-13-7-14-15-10)8-2-1-3-9(6-8)16(18)19/h1-3,6-7H,4-5H2,(H,12,17)(H,13,14,15). The number of nitro groups is 1. The molecule has 0 fully saturated rings. The van der Waals surface area contributed by atoms with E-state index in [-0.39, 0.29) is 17.2 Å². The molecule has 2 rings (SSSR count). The van der Waals surface area contributed by atoms with Crippen LogP contribution in [0.25, 0.3) is 0 Å². The number of nitrogens with zero attached hydrogens (tertiary/aromatic N) is 3. The molecule has 19 heavy (non-hydrogen) atoms. The van der Waals surface area contributed by atoms with Crippen LogP contribution in [0.5, 0.6) is 0 Å². The topological polar surface area (TPSA) is 114 Å². The normalized spacial score (nSPS) is 10.1. The second-order valence-electron chi connectivity index (χ2n) is 3.75. The number of hydrogen-bond acceptors (Lipinski definition) is 5. The van der Waals surface area contributed by atoms with Gasteiger partial charge < -0.3 is 5.32 Å². The van der Waals surface area contributed by atoms with E-state index in [1.54, 1.807) is 0 Å². The van der Waals surface area contributed by atoms with Crippen molar-refractivity contribution in [2.75, 3.05) is 6.54 Å². The van der Waals surface area contributed by atoms with Gasteiger partial charge in [-0.2, -0.15) is 5.10 Å². The zero-order chi connectivity index (χ0) is 13.7. The van der Waals surface area contributed by atoms with E-state index in [1.807, 2.05) is 0 Å². The van der Waals surface area contributed by atoms with Crippen LogP contribution in [0.1, 0.15) is 16.2 Å². The molecule has 0 saturated heterocycles. The number of non-ortho nitro benzene ring substituents is 1. The molecule has 0 aliphatic carbocycles. The zero-order valence-corrected chi connectivity index (χ0v) is 9.87. The van der Waals surface area contributed by atoms with Crippen molar-refractivity contribution in [1.29, 1.82) is 0 Å². The summed E-state index contributed by atoms with van der Waals surface area (Å²) in [6.45, 7) is 0.372. The van der Waals surface area contributed by atoms with E-state index in [9.17, 15) is 14.9 Å². The zero-order valence-electron chi connectivity index (χ0n) is 9.87. The lowest BCUT2D eigenvalue weighted by Crippen LogP contribution is -2.26. The van der Waals surface area contributed by atoms with Gasteiger partial charge in [0.15, 0.2) is 0 Å². The lowest BCUT2D eigenvalue weighted by Gasteiger charge is -2.03. The van der Waals surface area contributed by atoms with Crippen LogP contribution in [0.2, 0.25) is 0 Å². The first kappa shape index (κ1) is 12.7. The summed E-state index contributed by atoms with van der Waals surface area (Å²) >= 11 is 0. The molecule has 1 aromatic heterocycles. The lowest BCUT2D eigenvalue weighted by atomic mass is 10.2. The Hall–Kier alpha value is -2.77. The van der Waals surface area contributed by atoms with Crippen LogP contribution in [-0.4, -0.2) is 32.6 Å². The van der Waals surface area contributed by atoms with Crippen molar-refractivity contribution < 1.29 is 9.72 Å². The van der Waals surface area contributed by atoms with Gasteiger partial charge in [0.2, 0.25) is 0 Å². The Balaban J connectivity index is 1.92. The molecule has 0 radical (unpaired) electrons. The molecular weight excluding hydrogens is 250 g/mol. The molecule has 0 aliphatic heterocycles. The highest BCUT2D eigenvalue weighted by Gasteiger charge is 2.10. The highest BCUT2D eigenvalue weighted by molar-refractivity contribution is 5.94. The van der Waals surface area contributed by atoms with Crippen molar-refractivity contribution in [1.82, 2.24) is 20.5 Å². The Bertz CT molecular complexity index is 582. The fourth-order valence-electron chi connectivity index (χ4n) is 1.51. The van der Waals surface area contributed by atoms with Crippen LogP contribution in [0.3, 0.4) is 0 Å².